The lowest BCUT2D eigenvalue weighted by Crippen LogP contribution is -2.57. The molecule has 0 atom stereocenters. The maximum absolute atomic E-state index is 11.9. The summed E-state index contributed by atoms with van der Waals surface area (Å²) in [6.45, 7) is 3.95. The van der Waals surface area contributed by atoms with Crippen molar-refractivity contribution in [1.29, 1.82) is 0 Å². The van der Waals surface area contributed by atoms with Crippen molar-refractivity contribution in [2.45, 2.75) is 37.8 Å². The van der Waals surface area contributed by atoms with Crippen molar-refractivity contribution >= 4 is 17.6 Å². The van der Waals surface area contributed by atoms with Crippen molar-refractivity contribution < 1.29 is 9.53 Å². The van der Waals surface area contributed by atoms with Crippen LogP contribution in [0.2, 0.25) is 0 Å². The molecule has 7 heteroatoms. The number of aliphatic imine (C=N–C) groups is 1. The number of nitrogens with zero attached hydrogens (tertiary/aromatic N) is 3. The van der Waals surface area contributed by atoms with E-state index in [2.05, 4.69) is 46.8 Å². The van der Waals surface area contributed by atoms with E-state index in [0.29, 0.717) is 13.0 Å². The molecule has 1 aromatic carbocycles. The lowest BCUT2D eigenvalue weighted by atomic mass is 9.88. The zero-order chi connectivity index (χ0) is 20.0. The summed E-state index contributed by atoms with van der Waals surface area (Å²) in [4.78, 5) is 20.4. The molecule has 3 rings (SSSR count). The number of hydrogen-bond acceptors (Lipinski definition) is 4. The number of carbonyl (C=O) groups excluding carboxylic acids is 1. The minimum atomic E-state index is 0.0970. The van der Waals surface area contributed by atoms with Crippen LogP contribution in [-0.4, -0.2) is 69.8 Å². The first-order chi connectivity index (χ1) is 13.5. The predicted octanol–water partition coefficient (Wildman–Crippen LogP) is 1.59. The SMILES string of the molecule is CN=C(NCc1ccc(N2CCCC2=O)cc1)NCC1(N(C)C)CCOCC1. The Morgan fingerprint density at radius 1 is 1.21 bits per heavy atom. The van der Waals surface area contributed by atoms with Crippen molar-refractivity contribution in [2.75, 3.05) is 52.3 Å². The van der Waals surface area contributed by atoms with Gasteiger partial charge < -0.3 is 25.2 Å². The Morgan fingerprint density at radius 3 is 2.50 bits per heavy atom. The topological polar surface area (TPSA) is 69.2 Å². The first-order valence-corrected chi connectivity index (χ1v) is 10.1. The maximum atomic E-state index is 11.9. The van der Waals surface area contributed by atoms with Crippen molar-refractivity contribution in [3.8, 4) is 0 Å². The van der Waals surface area contributed by atoms with Gasteiger partial charge in [-0.3, -0.25) is 9.79 Å². The highest BCUT2D eigenvalue weighted by Gasteiger charge is 2.34. The second-order valence-corrected chi connectivity index (χ2v) is 7.83. The van der Waals surface area contributed by atoms with Crippen LogP contribution in [0.3, 0.4) is 0 Å². The Bertz CT molecular complexity index is 681. The van der Waals surface area contributed by atoms with E-state index in [4.69, 9.17) is 4.74 Å². The molecule has 1 aromatic rings. The van der Waals surface area contributed by atoms with Gasteiger partial charge in [-0.2, -0.15) is 0 Å². The van der Waals surface area contributed by atoms with Gasteiger partial charge in [-0.25, -0.2) is 0 Å². The van der Waals surface area contributed by atoms with Crippen LogP contribution in [0.15, 0.2) is 29.3 Å². The Balaban J connectivity index is 1.52. The maximum Gasteiger partial charge on any atom is 0.227 e. The molecule has 28 heavy (non-hydrogen) atoms. The molecule has 0 aliphatic carbocycles. The molecule has 0 radical (unpaired) electrons. The third-order valence-electron chi connectivity index (χ3n) is 5.96. The molecule has 2 aliphatic heterocycles. The van der Waals surface area contributed by atoms with Gasteiger partial charge in [0.15, 0.2) is 5.96 Å². The van der Waals surface area contributed by atoms with Gasteiger partial charge in [-0.15, -0.1) is 0 Å². The lowest BCUT2D eigenvalue weighted by molar-refractivity contribution is -0.117. The van der Waals surface area contributed by atoms with Gasteiger partial charge in [0, 0.05) is 57.5 Å². The predicted molar refractivity (Wildman–Crippen MR) is 113 cm³/mol. The standard InChI is InChI=1S/C21H33N5O2/c1-22-20(24-16-21(25(2)3)10-13-28-14-11-21)23-15-17-6-8-18(9-7-17)26-12-4-5-19(26)27/h6-9H,4-5,10-16H2,1-3H3,(H2,22,23,24). The molecule has 2 fully saturated rings. The van der Waals surface area contributed by atoms with Crippen LogP contribution >= 0.6 is 0 Å². The fourth-order valence-corrected chi connectivity index (χ4v) is 3.90. The molecule has 2 saturated heterocycles. The molecule has 0 bridgehead atoms. The third-order valence-corrected chi connectivity index (χ3v) is 5.96. The normalized spacial score (nSPS) is 19.9. The number of guanidine groups is 1. The first-order valence-electron chi connectivity index (χ1n) is 10.1. The molecule has 154 valence electrons. The van der Waals surface area contributed by atoms with Crippen LogP contribution in [-0.2, 0) is 16.1 Å². The quantitative estimate of drug-likeness (QED) is 0.573. The van der Waals surface area contributed by atoms with Gasteiger partial charge in [0.05, 0.1) is 0 Å². The largest absolute Gasteiger partial charge is 0.381 e. The zero-order valence-electron chi connectivity index (χ0n) is 17.3. The average molecular weight is 388 g/mol. The highest BCUT2D eigenvalue weighted by molar-refractivity contribution is 5.95. The van der Waals surface area contributed by atoms with E-state index < -0.39 is 0 Å². The van der Waals surface area contributed by atoms with Gasteiger partial charge in [0.25, 0.3) is 0 Å². The number of rotatable bonds is 6. The number of benzene rings is 1. The van der Waals surface area contributed by atoms with Gasteiger partial charge in [0.2, 0.25) is 5.91 Å². The number of likely N-dealkylation sites (N-methyl/N-ethyl adjacent to an activating group) is 1. The molecule has 0 spiro atoms. The number of hydrogen-bond donors (Lipinski definition) is 2. The van der Waals surface area contributed by atoms with E-state index in [1.54, 1.807) is 7.05 Å². The number of carbonyl (C=O) groups is 1. The van der Waals surface area contributed by atoms with Gasteiger partial charge >= 0.3 is 0 Å². The van der Waals surface area contributed by atoms with Crippen LogP contribution < -0.4 is 15.5 Å². The van der Waals surface area contributed by atoms with Gasteiger partial charge in [-0.1, -0.05) is 12.1 Å². The second kappa shape index (κ2) is 9.39. The van der Waals surface area contributed by atoms with E-state index in [9.17, 15) is 4.79 Å². The minimum Gasteiger partial charge on any atom is -0.381 e. The second-order valence-electron chi connectivity index (χ2n) is 7.83. The molecular formula is C21H33N5O2. The minimum absolute atomic E-state index is 0.0970. The van der Waals surface area contributed by atoms with Crippen molar-refractivity contribution in [3.05, 3.63) is 29.8 Å². The molecule has 2 heterocycles. The number of amides is 1. The molecule has 2 aliphatic rings. The summed E-state index contributed by atoms with van der Waals surface area (Å²) in [5, 5.41) is 6.87. The van der Waals surface area contributed by atoms with Crippen LogP contribution in [0, 0.1) is 0 Å². The van der Waals surface area contributed by atoms with Crippen LogP contribution in [0.4, 0.5) is 5.69 Å². The summed E-state index contributed by atoms with van der Waals surface area (Å²) in [7, 11) is 6.06. The smallest absolute Gasteiger partial charge is 0.227 e. The van der Waals surface area contributed by atoms with Crippen molar-refractivity contribution in [2.24, 2.45) is 4.99 Å². The summed E-state index contributed by atoms with van der Waals surface area (Å²) in [6.07, 6.45) is 3.64. The molecule has 0 aromatic heterocycles. The first kappa shape index (κ1) is 20.6. The van der Waals surface area contributed by atoms with Crippen LogP contribution in [0.25, 0.3) is 0 Å². The summed E-state index contributed by atoms with van der Waals surface area (Å²) in [6, 6.07) is 8.20. The van der Waals surface area contributed by atoms with E-state index in [0.717, 1.165) is 62.8 Å². The van der Waals surface area contributed by atoms with E-state index in [-0.39, 0.29) is 11.4 Å². The number of anilines is 1. The number of ether oxygens (including phenoxy) is 1. The molecule has 2 N–H and O–H groups in total. The Hall–Kier alpha value is -2.12. The van der Waals surface area contributed by atoms with E-state index in [1.807, 2.05) is 17.0 Å². The Kier molecular flexibility index (Phi) is 6.91. The molecule has 1 amide bonds. The molecule has 0 saturated carbocycles. The summed E-state index contributed by atoms with van der Waals surface area (Å²) < 4.78 is 5.54. The Labute approximate surface area is 168 Å². The van der Waals surface area contributed by atoms with Crippen LogP contribution in [0.5, 0.6) is 0 Å². The average Bonchev–Trinajstić information content (AvgIpc) is 3.15. The van der Waals surface area contributed by atoms with Gasteiger partial charge in [-0.05, 0) is 51.1 Å². The molecule has 0 unspecified atom stereocenters. The summed E-state index contributed by atoms with van der Waals surface area (Å²) in [5.41, 5.74) is 2.24. The molecule has 7 nitrogen and oxygen atoms in total. The van der Waals surface area contributed by atoms with Crippen molar-refractivity contribution in [3.63, 3.8) is 0 Å². The fourth-order valence-electron chi connectivity index (χ4n) is 3.90. The van der Waals surface area contributed by atoms with E-state index >= 15 is 0 Å². The zero-order valence-corrected chi connectivity index (χ0v) is 17.3. The lowest BCUT2D eigenvalue weighted by Gasteiger charge is -2.43. The third kappa shape index (κ3) is 4.83. The fraction of sp³-hybridized carbons (Fsp3) is 0.619. The van der Waals surface area contributed by atoms with E-state index in [1.165, 1.54) is 0 Å². The van der Waals surface area contributed by atoms with Gasteiger partial charge in [0.1, 0.15) is 0 Å². The van der Waals surface area contributed by atoms with Crippen molar-refractivity contribution in [1.82, 2.24) is 15.5 Å². The molecular weight excluding hydrogens is 354 g/mol. The Morgan fingerprint density at radius 2 is 1.93 bits per heavy atom. The summed E-state index contributed by atoms with van der Waals surface area (Å²) >= 11 is 0. The van der Waals surface area contributed by atoms with Crippen LogP contribution in [0.1, 0.15) is 31.2 Å². The highest BCUT2D eigenvalue weighted by atomic mass is 16.5. The highest BCUT2D eigenvalue weighted by Crippen LogP contribution is 2.25. The number of nitrogens with one attached hydrogen (secondary N) is 2. The summed E-state index contributed by atoms with van der Waals surface area (Å²) in [5.74, 6) is 1.02. The monoisotopic (exact) mass is 387 g/mol.